The van der Waals surface area contributed by atoms with Crippen LogP contribution in [0.15, 0.2) is 67.0 Å². The van der Waals surface area contributed by atoms with Gasteiger partial charge in [0.05, 0.1) is 11.9 Å². The summed E-state index contributed by atoms with van der Waals surface area (Å²) in [6.07, 6.45) is 5.14. The molecule has 0 bridgehead atoms. The van der Waals surface area contributed by atoms with E-state index in [2.05, 4.69) is 81.8 Å². The summed E-state index contributed by atoms with van der Waals surface area (Å²) in [6, 6.07) is 19.2. The molecule has 5 rings (SSSR count). The lowest BCUT2D eigenvalue weighted by Gasteiger charge is -2.26. The van der Waals surface area contributed by atoms with Crippen LogP contribution in [0.25, 0.3) is 22.4 Å². The average molecular weight is 383 g/mol. The van der Waals surface area contributed by atoms with Gasteiger partial charge in [0.1, 0.15) is 0 Å². The van der Waals surface area contributed by atoms with E-state index in [9.17, 15) is 0 Å². The molecule has 0 spiro atoms. The maximum atomic E-state index is 4.66. The number of hydrogen-bond donors (Lipinski definition) is 1. The van der Waals surface area contributed by atoms with Crippen molar-refractivity contribution in [1.82, 2.24) is 24.9 Å². The van der Waals surface area contributed by atoms with Crippen molar-refractivity contribution in [2.24, 2.45) is 0 Å². The molecule has 146 valence electrons. The van der Waals surface area contributed by atoms with Crippen LogP contribution in [-0.4, -0.2) is 31.4 Å². The number of rotatable bonds is 5. The van der Waals surface area contributed by atoms with Crippen LogP contribution in [0.1, 0.15) is 23.7 Å². The minimum atomic E-state index is 0.912. The second-order valence-corrected chi connectivity index (χ2v) is 7.64. The van der Waals surface area contributed by atoms with Gasteiger partial charge in [0, 0.05) is 61.2 Å². The van der Waals surface area contributed by atoms with Crippen LogP contribution in [0, 0.1) is 0 Å². The van der Waals surface area contributed by atoms with Gasteiger partial charge in [0.25, 0.3) is 0 Å². The van der Waals surface area contributed by atoms with Crippen LogP contribution >= 0.6 is 0 Å². The molecule has 0 unspecified atom stereocenters. The minimum absolute atomic E-state index is 0.912. The molecule has 3 heterocycles. The Hall–Kier alpha value is -3.18. The number of nitrogens with zero attached hydrogens (tertiary/aromatic N) is 4. The number of nitrogens with one attached hydrogen (secondary N) is 1. The normalized spacial score (nSPS) is 14.1. The first-order valence-electron chi connectivity index (χ1n) is 10.3. The Morgan fingerprint density at radius 2 is 1.72 bits per heavy atom. The maximum Gasteiger partial charge on any atom is 0.0968 e. The number of benzene rings is 2. The minimum Gasteiger partial charge on any atom is -0.294 e. The summed E-state index contributed by atoms with van der Waals surface area (Å²) < 4.78 is 1.99. The Morgan fingerprint density at radius 1 is 0.966 bits per heavy atom. The summed E-state index contributed by atoms with van der Waals surface area (Å²) in [5.41, 5.74) is 8.58. The number of H-pyrrole nitrogens is 1. The first-order valence-corrected chi connectivity index (χ1v) is 10.3. The molecule has 0 atom stereocenters. The van der Waals surface area contributed by atoms with Crippen LogP contribution in [0.2, 0.25) is 0 Å². The van der Waals surface area contributed by atoms with Gasteiger partial charge in [0.15, 0.2) is 0 Å². The molecule has 1 aliphatic heterocycles. The molecule has 0 amide bonds. The second kappa shape index (κ2) is 7.68. The van der Waals surface area contributed by atoms with Crippen molar-refractivity contribution >= 4 is 0 Å². The van der Waals surface area contributed by atoms with Gasteiger partial charge in [-0.25, -0.2) is 0 Å². The molecule has 0 saturated heterocycles. The molecule has 2 aromatic carbocycles. The van der Waals surface area contributed by atoms with E-state index < -0.39 is 0 Å². The predicted molar refractivity (Wildman–Crippen MR) is 115 cm³/mol. The van der Waals surface area contributed by atoms with Crippen LogP contribution in [0.4, 0.5) is 0 Å². The lowest BCUT2D eigenvalue weighted by Crippen LogP contribution is -2.29. The van der Waals surface area contributed by atoms with Gasteiger partial charge >= 0.3 is 0 Å². The molecule has 0 aliphatic carbocycles. The van der Waals surface area contributed by atoms with Crippen molar-refractivity contribution in [3.63, 3.8) is 0 Å². The Balaban J connectivity index is 1.36. The van der Waals surface area contributed by atoms with Gasteiger partial charge < -0.3 is 0 Å². The summed E-state index contributed by atoms with van der Waals surface area (Å²) in [4.78, 5) is 2.48. The number of fused-ring (bicyclic) bond motifs is 1. The van der Waals surface area contributed by atoms with Crippen molar-refractivity contribution in [2.75, 3.05) is 6.54 Å². The molecular formula is C24H25N5. The Bertz CT molecular complexity index is 1090. The van der Waals surface area contributed by atoms with Crippen LogP contribution < -0.4 is 0 Å². The van der Waals surface area contributed by atoms with Crippen molar-refractivity contribution in [3.8, 4) is 22.4 Å². The van der Waals surface area contributed by atoms with Gasteiger partial charge in [-0.05, 0) is 18.1 Å². The van der Waals surface area contributed by atoms with Gasteiger partial charge in [-0.2, -0.15) is 10.2 Å². The van der Waals surface area contributed by atoms with Gasteiger partial charge in [-0.15, -0.1) is 0 Å². The summed E-state index contributed by atoms with van der Waals surface area (Å²) >= 11 is 0. The third-order valence-corrected chi connectivity index (χ3v) is 5.69. The van der Waals surface area contributed by atoms with Crippen molar-refractivity contribution in [3.05, 3.63) is 83.8 Å². The smallest absolute Gasteiger partial charge is 0.0968 e. The summed E-state index contributed by atoms with van der Waals surface area (Å²) in [7, 11) is 0. The molecule has 5 heteroatoms. The third kappa shape index (κ3) is 3.61. The lowest BCUT2D eigenvalue weighted by molar-refractivity contribution is 0.245. The standard InChI is InChI=1S/C24H25N5/c1-2-29-16-18(14-25-29)15-28-13-12-23-22(17-28)24(27-26-23)21-10-8-20(9-11-21)19-6-4-3-5-7-19/h3-11,14,16H,2,12-13,15,17H2,1H3,(H,26,27). The van der Waals surface area contributed by atoms with Gasteiger partial charge in [-0.1, -0.05) is 54.6 Å². The molecule has 0 radical (unpaired) electrons. The van der Waals surface area contributed by atoms with E-state index in [0.717, 1.165) is 38.3 Å². The molecule has 0 saturated carbocycles. The number of aryl methyl sites for hydroxylation is 1. The van der Waals surface area contributed by atoms with E-state index >= 15 is 0 Å². The molecule has 2 aromatic heterocycles. The van der Waals surface area contributed by atoms with Crippen LogP contribution in [-0.2, 0) is 26.1 Å². The Labute approximate surface area is 171 Å². The van der Waals surface area contributed by atoms with Gasteiger partial charge in [0.2, 0.25) is 0 Å². The van der Waals surface area contributed by atoms with Crippen molar-refractivity contribution in [1.29, 1.82) is 0 Å². The molecular weight excluding hydrogens is 358 g/mol. The fraction of sp³-hybridized carbons (Fsp3) is 0.250. The molecule has 1 N–H and O–H groups in total. The quantitative estimate of drug-likeness (QED) is 0.551. The molecule has 0 fully saturated rings. The number of aromatic amines is 1. The lowest BCUT2D eigenvalue weighted by atomic mass is 9.98. The van der Waals surface area contributed by atoms with Crippen molar-refractivity contribution < 1.29 is 0 Å². The molecule has 5 nitrogen and oxygen atoms in total. The third-order valence-electron chi connectivity index (χ3n) is 5.69. The number of hydrogen-bond acceptors (Lipinski definition) is 3. The van der Waals surface area contributed by atoms with E-state index in [4.69, 9.17) is 0 Å². The molecule has 1 aliphatic rings. The topological polar surface area (TPSA) is 49.7 Å². The highest BCUT2D eigenvalue weighted by atomic mass is 15.3. The summed E-state index contributed by atoms with van der Waals surface area (Å²) in [5, 5.41) is 12.3. The largest absolute Gasteiger partial charge is 0.294 e. The maximum absolute atomic E-state index is 4.66. The van der Waals surface area contributed by atoms with Crippen molar-refractivity contribution in [2.45, 2.75) is 33.0 Å². The highest BCUT2D eigenvalue weighted by Gasteiger charge is 2.23. The predicted octanol–water partition coefficient (Wildman–Crippen LogP) is 4.52. The zero-order chi connectivity index (χ0) is 19.6. The van der Waals surface area contributed by atoms with E-state index in [1.54, 1.807) is 0 Å². The molecule has 4 aromatic rings. The first-order chi connectivity index (χ1) is 14.3. The summed E-state index contributed by atoms with van der Waals surface area (Å²) in [5.74, 6) is 0. The van der Waals surface area contributed by atoms with E-state index in [1.165, 1.54) is 33.5 Å². The van der Waals surface area contributed by atoms with Crippen LogP contribution in [0.5, 0.6) is 0 Å². The summed E-state index contributed by atoms with van der Waals surface area (Å²) in [6.45, 7) is 5.91. The van der Waals surface area contributed by atoms with E-state index in [-0.39, 0.29) is 0 Å². The highest BCUT2D eigenvalue weighted by Crippen LogP contribution is 2.30. The monoisotopic (exact) mass is 383 g/mol. The van der Waals surface area contributed by atoms with Crippen LogP contribution in [0.3, 0.4) is 0 Å². The van der Waals surface area contributed by atoms with Gasteiger partial charge in [-0.3, -0.25) is 14.7 Å². The highest BCUT2D eigenvalue weighted by molar-refractivity contribution is 5.70. The first kappa shape index (κ1) is 17.9. The van der Waals surface area contributed by atoms with E-state index in [0.29, 0.717) is 0 Å². The average Bonchev–Trinajstić information content (AvgIpc) is 3.41. The number of aromatic nitrogens is 4. The zero-order valence-corrected chi connectivity index (χ0v) is 16.7. The fourth-order valence-electron chi connectivity index (χ4n) is 4.10. The second-order valence-electron chi connectivity index (χ2n) is 7.64. The Morgan fingerprint density at radius 3 is 2.48 bits per heavy atom. The zero-order valence-electron chi connectivity index (χ0n) is 16.7. The van der Waals surface area contributed by atoms with E-state index in [1.807, 2.05) is 16.9 Å². The SMILES string of the molecule is CCn1cc(CN2CCc3[nH]nc(-c4ccc(-c5ccccc5)cc4)c3C2)cn1. The Kier molecular flexibility index (Phi) is 4.74. The molecule has 29 heavy (non-hydrogen) atoms. The fourth-order valence-corrected chi connectivity index (χ4v) is 4.10.